The Morgan fingerprint density at radius 2 is 1.06 bits per heavy atom. The van der Waals surface area contributed by atoms with Crippen LogP contribution in [0.25, 0.3) is 0 Å². The van der Waals surface area contributed by atoms with E-state index in [2.05, 4.69) is 25.7 Å². The highest BCUT2D eigenvalue weighted by Gasteiger charge is 1.89. The van der Waals surface area contributed by atoms with Crippen molar-refractivity contribution in [3.05, 3.63) is 31.7 Å². The Hall–Kier alpha value is -0.520. The van der Waals surface area contributed by atoms with Gasteiger partial charge < -0.3 is 0 Å². The lowest BCUT2D eigenvalue weighted by atomic mass is 10.1. The molecule has 0 aliphatic heterocycles. The predicted octanol–water partition coefficient (Wildman–Crippen LogP) is 6.24. The van der Waals surface area contributed by atoms with E-state index in [-0.39, 0.29) is 0 Å². The topological polar surface area (TPSA) is 0 Å². The van der Waals surface area contributed by atoms with Crippen molar-refractivity contribution in [2.24, 2.45) is 0 Å². The van der Waals surface area contributed by atoms with Gasteiger partial charge in [0.15, 0.2) is 0 Å². The molecule has 0 aromatic carbocycles. The maximum Gasteiger partial charge on any atom is -0.0351 e. The molecule has 0 spiro atoms. The third kappa shape index (κ3) is 15.5. The van der Waals surface area contributed by atoms with E-state index in [1.165, 1.54) is 70.6 Å². The second-order valence-electron chi connectivity index (χ2n) is 4.81. The average molecular weight is 235 g/mol. The molecule has 0 saturated heterocycles. The van der Waals surface area contributed by atoms with Crippen molar-refractivity contribution in [1.29, 1.82) is 0 Å². The first-order valence-corrected chi connectivity index (χ1v) is 7.47. The van der Waals surface area contributed by atoms with Gasteiger partial charge in [0.2, 0.25) is 0 Å². The van der Waals surface area contributed by atoms with Gasteiger partial charge in [0.25, 0.3) is 0 Å². The molecule has 0 nitrogen and oxygen atoms in total. The van der Waals surface area contributed by atoms with Gasteiger partial charge in [-0.3, -0.25) is 0 Å². The summed E-state index contributed by atoms with van der Waals surface area (Å²) in [5.74, 6) is 0. The van der Waals surface area contributed by atoms with Crippen LogP contribution < -0.4 is 0 Å². The molecular weight excluding hydrogens is 204 g/mol. The van der Waals surface area contributed by atoms with Crippen LogP contribution in [0.1, 0.15) is 77.0 Å². The Balaban J connectivity index is 3.01. The molecule has 0 heteroatoms. The van der Waals surface area contributed by atoms with E-state index in [4.69, 9.17) is 0 Å². The summed E-state index contributed by atoms with van der Waals surface area (Å²) < 4.78 is 0. The third-order valence-electron chi connectivity index (χ3n) is 3.07. The Bertz CT molecular complexity index is 167. The van der Waals surface area contributed by atoms with Crippen LogP contribution in [0.4, 0.5) is 0 Å². The molecule has 17 heavy (non-hydrogen) atoms. The van der Waals surface area contributed by atoms with Crippen LogP contribution in [-0.2, 0) is 0 Å². The number of hydrogen-bond acceptors (Lipinski definition) is 0. The lowest BCUT2D eigenvalue weighted by molar-refractivity contribution is 0.599. The standard InChI is InChI=1S/C17H31/c1-3-5-7-9-11-13-15-17-16-14-12-10-8-6-4-2/h3,13,15H,1-2,4-12,14,16-17H2/b15-13+. The molecule has 99 valence electrons. The molecule has 0 aliphatic carbocycles. The van der Waals surface area contributed by atoms with Gasteiger partial charge in [-0.2, -0.15) is 0 Å². The molecule has 0 N–H and O–H groups in total. The number of rotatable bonds is 13. The van der Waals surface area contributed by atoms with Crippen molar-refractivity contribution in [3.63, 3.8) is 0 Å². The lowest BCUT2D eigenvalue weighted by Gasteiger charge is -1.98. The fraction of sp³-hybridized carbons (Fsp3) is 0.706. The average Bonchev–Trinajstić information content (AvgIpc) is 2.35. The van der Waals surface area contributed by atoms with Crippen molar-refractivity contribution in [2.45, 2.75) is 77.0 Å². The third-order valence-corrected chi connectivity index (χ3v) is 3.07. The predicted molar refractivity (Wildman–Crippen MR) is 80.1 cm³/mol. The summed E-state index contributed by atoms with van der Waals surface area (Å²) in [6.45, 7) is 7.60. The Kier molecular flexibility index (Phi) is 15.0. The number of unbranched alkanes of at least 4 members (excludes halogenated alkanes) is 10. The fourth-order valence-electron chi connectivity index (χ4n) is 1.93. The smallest absolute Gasteiger partial charge is 0.0351 e. The molecule has 1 radical (unpaired) electrons. The van der Waals surface area contributed by atoms with Crippen molar-refractivity contribution in [2.75, 3.05) is 0 Å². The minimum Gasteiger partial charge on any atom is -0.103 e. The van der Waals surface area contributed by atoms with Gasteiger partial charge in [0.1, 0.15) is 0 Å². The summed E-state index contributed by atoms with van der Waals surface area (Å²) in [4.78, 5) is 0. The molecular formula is C17H31. The summed E-state index contributed by atoms with van der Waals surface area (Å²) in [6.07, 6.45) is 22.4. The molecule has 0 saturated carbocycles. The van der Waals surface area contributed by atoms with Crippen LogP contribution in [-0.4, -0.2) is 0 Å². The van der Waals surface area contributed by atoms with E-state index in [1.807, 2.05) is 6.08 Å². The second kappa shape index (κ2) is 15.5. The highest BCUT2D eigenvalue weighted by Crippen LogP contribution is 2.09. The van der Waals surface area contributed by atoms with E-state index < -0.39 is 0 Å². The maximum absolute atomic E-state index is 3.87. The van der Waals surface area contributed by atoms with Gasteiger partial charge in [-0.25, -0.2) is 0 Å². The summed E-state index contributed by atoms with van der Waals surface area (Å²) in [5, 5.41) is 0. The first-order chi connectivity index (χ1) is 8.41. The van der Waals surface area contributed by atoms with E-state index in [9.17, 15) is 0 Å². The largest absolute Gasteiger partial charge is 0.103 e. The summed E-state index contributed by atoms with van der Waals surface area (Å²) >= 11 is 0. The van der Waals surface area contributed by atoms with Crippen molar-refractivity contribution in [3.8, 4) is 0 Å². The SMILES string of the molecule is [CH2]CCCCCCCC/C=C/CCCCC=C. The van der Waals surface area contributed by atoms with E-state index in [0.29, 0.717) is 0 Å². The Morgan fingerprint density at radius 1 is 0.588 bits per heavy atom. The van der Waals surface area contributed by atoms with Crippen molar-refractivity contribution < 1.29 is 0 Å². The molecule has 0 amide bonds. The van der Waals surface area contributed by atoms with Crippen LogP contribution in [0.5, 0.6) is 0 Å². The van der Waals surface area contributed by atoms with Gasteiger partial charge in [0.05, 0.1) is 0 Å². The van der Waals surface area contributed by atoms with Crippen LogP contribution in [0.2, 0.25) is 0 Å². The Labute approximate surface area is 109 Å². The highest BCUT2D eigenvalue weighted by atomic mass is 14.0. The van der Waals surface area contributed by atoms with Gasteiger partial charge in [0, 0.05) is 0 Å². The molecule has 0 heterocycles. The van der Waals surface area contributed by atoms with Gasteiger partial charge >= 0.3 is 0 Å². The fourth-order valence-corrected chi connectivity index (χ4v) is 1.93. The minimum absolute atomic E-state index is 1.11. The van der Waals surface area contributed by atoms with E-state index in [0.717, 1.165) is 6.42 Å². The molecule has 0 aromatic rings. The molecule has 0 bridgehead atoms. The molecule has 0 aromatic heterocycles. The van der Waals surface area contributed by atoms with Crippen LogP contribution in [0, 0.1) is 6.92 Å². The van der Waals surface area contributed by atoms with Gasteiger partial charge in [-0.15, -0.1) is 6.58 Å². The summed E-state index contributed by atoms with van der Waals surface area (Å²) in [7, 11) is 0. The van der Waals surface area contributed by atoms with Gasteiger partial charge in [-0.1, -0.05) is 63.7 Å². The molecule has 0 unspecified atom stereocenters. The minimum atomic E-state index is 1.11. The van der Waals surface area contributed by atoms with Crippen LogP contribution in [0.15, 0.2) is 24.8 Å². The summed E-state index contributed by atoms with van der Waals surface area (Å²) in [5.41, 5.74) is 0. The normalized spacial score (nSPS) is 11.1. The molecule has 0 rings (SSSR count). The van der Waals surface area contributed by atoms with Crippen LogP contribution >= 0.6 is 0 Å². The molecule has 0 fully saturated rings. The molecule has 0 atom stereocenters. The maximum atomic E-state index is 3.87. The Morgan fingerprint density at radius 3 is 1.65 bits per heavy atom. The zero-order chi connectivity index (χ0) is 12.6. The van der Waals surface area contributed by atoms with E-state index in [1.54, 1.807) is 0 Å². The zero-order valence-corrected chi connectivity index (χ0v) is 11.6. The molecule has 0 aliphatic rings. The zero-order valence-electron chi connectivity index (χ0n) is 11.6. The lowest BCUT2D eigenvalue weighted by Crippen LogP contribution is -1.79. The van der Waals surface area contributed by atoms with Crippen molar-refractivity contribution >= 4 is 0 Å². The monoisotopic (exact) mass is 235 g/mol. The van der Waals surface area contributed by atoms with Crippen LogP contribution in [0.3, 0.4) is 0 Å². The van der Waals surface area contributed by atoms with E-state index >= 15 is 0 Å². The highest BCUT2D eigenvalue weighted by molar-refractivity contribution is 4.81. The van der Waals surface area contributed by atoms with Crippen molar-refractivity contribution in [1.82, 2.24) is 0 Å². The summed E-state index contributed by atoms with van der Waals surface area (Å²) in [6, 6.07) is 0. The quantitative estimate of drug-likeness (QED) is 0.262. The second-order valence-corrected chi connectivity index (χ2v) is 4.81. The first kappa shape index (κ1) is 16.5. The first-order valence-electron chi connectivity index (χ1n) is 7.47. The number of allylic oxidation sites excluding steroid dienone is 3. The number of hydrogen-bond donors (Lipinski definition) is 0. The van der Waals surface area contributed by atoms with Gasteiger partial charge in [-0.05, 0) is 38.5 Å².